The van der Waals surface area contributed by atoms with Gasteiger partial charge in [-0.25, -0.2) is 4.79 Å². The molecule has 1 atom stereocenters. The number of nitrogens with one attached hydrogen (secondary N) is 2. The number of imide groups is 1. The van der Waals surface area contributed by atoms with Crippen molar-refractivity contribution in [2.45, 2.75) is 17.0 Å². The first-order chi connectivity index (χ1) is 12.5. The van der Waals surface area contributed by atoms with Crippen LogP contribution in [-0.4, -0.2) is 40.5 Å². The van der Waals surface area contributed by atoms with Crippen molar-refractivity contribution in [3.8, 4) is 0 Å². The first-order valence-corrected chi connectivity index (χ1v) is 9.26. The van der Waals surface area contributed by atoms with Gasteiger partial charge < -0.3 is 10.2 Å². The van der Waals surface area contributed by atoms with Crippen LogP contribution in [0.15, 0.2) is 47.6 Å². The second-order valence-corrected chi connectivity index (χ2v) is 7.12. The largest absolute Gasteiger partial charge is 0.331 e. The quantitative estimate of drug-likeness (QED) is 0.630. The molecule has 2 aromatic rings. The van der Waals surface area contributed by atoms with Crippen LogP contribution in [0.5, 0.6) is 0 Å². The molecule has 0 spiro atoms. The molecule has 0 unspecified atom stereocenters. The summed E-state index contributed by atoms with van der Waals surface area (Å²) in [5.74, 6) is -0.628. The molecule has 8 heteroatoms. The summed E-state index contributed by atoms with van der Waals surface area (Å²) in [5.41, 5.74) is 0.754. The van der Waals surface area contributed by atoms with Crippen LogP contribution in [0.3, 0.4) is 0 Å². The third-order valence-corrected chi connectivity index (χ3v) is 5.45. The Morgan fingerprint density at radius 1 is 1.27 bits per heavy atom. The molecule has 4 amide bonds. The van der Waals surface area contributed by atoms with E-state index in [0.29, 0.717) is 17.7 Å². The lowest BCUT2D eigenvalue weighted by molar-refractivity contribution is -0.124. The molecule has 0 saturated carbocycles. The summed E-state index contributed by atoms with van der Waals surface area (Å²) in [5, 5.41) is 4.97. The predicted molar refractivity (Wildman–Crippen MR) is 95.6 cm³/mol. The van der Waals surface area contributed by atoms with Crippen LogP contribution in [-0.2, 0) is 16.9 Å². The van der Waals surface area contributed by atoms with Crippen molar-refractivity contribution in [2.75, 3.05) is 12.8 Å². The Labute approximate surface area is 154 Å². The molecule has 1 aromatic heterocycles. The van der Waals surface area contributed by atoms with E-state index in [4.69, 9.17) is 0 Å². The third-order valence-electron chi connectivity index (χ3n) is 4.72. The van der Waals surface area contributed by atoms with Crippen LogP contribution in [0.2, 0.25) is 0 Å². The van der Waals surface area contributed by atoms with E-state index >= 15 is 0 Å². The van der Waals surface area contributed by atoms with Gasteiger partial charge in [-0.1, -0.05) is 12.1 Å². The first kappa shape index (κ1) is 16.6. The van der Waals surface area contributed by atoms with Gasteiger partial charge in [0.15, 0.2) is 5.54 Å². The van der Waals surface area contributed by atoms with Crippen molar-refractivity contribution in [3.05, 3.63) is 59.4 Å². The maximum atomic E-state index is 12.9. The van der Waals surface area contributed by atoms with Crippen LogP contribution in [0, 0.1) is 0 Å². The van der Waals surface area contributed by atoms with E-state index in [-0.39, 0.29) is 12.5 Å². The normalized spacial score (nSPS) is 21.6. The Hall–Kier alpha value is -2.87. The molecule has 1 fully saturated rings. The zero-order valence-electron chi connectivity index (χ0n) is 14.0. The SMILES string of the molecule is CSc1ccc2c(c1)C(=O)N(C[C@@]1(c3cccnc3)NC(=O)NC1=O)C2. The molecule has 3 heterocycles. The average molecular weight is 368 g/mol. The van der Waals surface area contributed by atoms with Gasteiger partial charge >= 0.3 is 6.03 Å². The average Bonchev–Trinajstić information content (AvgIpc) is 3.12. The highest BCUT2D eigenvalue weighted by Crippen LogP contribution is 2.32. The van der Waals surface area contributed by atoms with Crippen molar-refractivity contribution in [1.82, 2.24) is 20.5 Å². The molecule has 1 saturated heterocycles. The number of thioether (sulfide) groups is 1. The van der Waals surface area contributed by atoms with Gasteiger partial charge in [0.05, 0.1) is 6.54 Å². The van der Waals surface area contributed by atoms with E-state index in [1.54, 1.807) is 35.0 Å². The van der Waals surface area contributed by atoms with Crippen molar-refractivity contribution >= 4 is 29.6 Å². The van der Waals surface area contributed by atoms with Gasteiger partial charge in [0.2, 0.25) is 0 Å². The van der Waals surface area contributed by atoms with E-state index in [2.05, 4.69) is 15.6 Å². The van der Waals surface area contributed by atoms with Crippen LogP contribution >= 0.6 is 11.8 Å². The highest BCUT2D eigenvalue weighted by atomic mass is 32.2. The van der Waals surface area contributed by atoms with E-state index in [9.17, 15) is 14.4 Å². The van der Waals surface area contributed by atoms with Gasteiger partial charge in [0.1, 0.15) is 0 Å². The Kier molecular flexibility index (Phi) is 3.91. The smallest absolute Gasteiger partial charge is 0.322 e. The van der Waals surface area contributed by atoms with E-state index in [1.807, 2.05) is 24.5 Å². The summed E-state index contributed by atoms with van der Waals surface area (Å²) in [4.78, 5) is 44.0. The molecule has 2 aliphatic heterocycles. The number of carbonyl (C=O) groups excluding carboxylic acids is 3. The molecule has 0 aliphatic carbocycles. The third kappa shape index (κ3) is 2.53. The van der Waals surface area contributed by atoms with E-state index in [0.717, 1.165) is 10.5 Å². The fraction of sp³-hybridized carbons (Fsp3) is 0.222. The minimum Gasteiger partial charge on any atom is -0.331 e. The number of pyridine rings is 1. The molecule has 132 valence electrons. The number of nitrogens with zero attached hydrogens (tertiary/aromatic N) is 2. The van der Waals surface area contributed by atoms with Crippen LogP contribution in [0.4, 0.5) is 4.79 Å². The van der Waals surface area contributed by atoms with Crippen LogP contribution in [0.25, 0.3) is 0 Å². The summed E-state index contributed by atoms with van der Waals surface area (Å²) in [7, 11) is 0. The molecule has 0 radical (unpaired) electrons. The molecular formula is C18H16N4O3S. The number of amides is 4. The summed E-state index contributed by atoms with van der Waals surface area (Å²) in [6, 6.07) is 8.61. The van der Waals surface area contributed by atoms with E-state index in [1.165, 1.54) is 6.20 Å². The van der Waals surface area contributed by atoms with Crippen molar-refractivity contribution in [3.63, 3.8) is 0 Å². The summed E-state index contributed by atoms with van der Waals surface area (Å²) < 4.78 is 0. The zero-order valence-corrected chi connectivity index (χ0v) is 14.8. The number of rotatable bonds is 4. The molecule has 0 bridgehead atoms. The maximum Gasteiger partial charge on any atom is 0.322 e. The topological polar surface area (TPSA) is 91.4 Å². The van der Waals surface area contributed by atoms with Crippen molar-refractivity contribution < 1.29 is 14.4 Å². The fourth-order valence-electron chi connectivity index (χ4n) is 3.39. The highest BCUT2D eigenvalue weighted by Gasteiger charge is 2.50. The Balaban J connectivity index is 1.69. The number of urea groups is 1. The van der Waals surface area contributed by atoms with Gasteiger partial charge in [-0.05, 0) is 30.0 Å². The minimum atomic E-state index is -1.34. The molecule has 2 aliphatic rings. The highest BCUT2D eigenvalue weighted by molar-refractivity contribution is 7.98. The molecule has 2 N–H and O–H groups in total. The van der Waals surface area contributed by atoms with Crippen molar-refractivity contribution in [1.29, 1.82) is 0 Å². The maximum absolute atomic E-state index is 12.9. The number of hydrogen-bond donors (Lipinski definition) is 2. The first-order valence-electron chi connectivity index (χ1n) is 8.04. The fourth-order valence-corrected chi connectivity index (χ4v) is 3.83. The summed E-state index contributed by atoms with van der Waals surface area (Å²) >= 11 is 1.57. The standard InChI is InChI=1S/C18H16N4O3S/c1-26-13-5-4-11-9-22(15(23)14(11)7-13)10-18(12-3-2-6-19-8-12)16(24)20-17(25)21-18/h2-8H,9-10H2,1H3,(H2,20,21,24,25)/t18-/m0/s1. The molecule has 1 aromatic carbocycles. The lowest BCUT2D eigenvalue weighted by atomic mass is 9.90. The predicted octanol–water partition coefficient (Wildman–Crippen LogP) is 1.49. The van der Waals surface area contributed by atoms with E-state index < -0.39 is 17.5 Å². The lowest BCUT2D eigenvalue weighted by Gasteiger charge is -2.30. The Morgan fingerprint density at radius 3 is 2.77 bits per heavy atom. The van der Waals surface area contributed by atoms with Gasteiger partial charge in [-0.3, -0.25) is 19.9 Å². The number of fused-ring (bicyclic) bond motifs is 1. The second kappa shape index (κ2) is 6.14. The minimum absolute atomic E-state index is 0.0401. The molecule has 4 rings (SSSR count). The summed E-state index contributed by atoms with van der Waals surface area (Å²) in [6.45, 7) is 0.437. The van der Waals surface area contributed by atoms with Crippen LogP contribution < -0.4 is 10.6 Å². The number of carbonyl (C=O) groups is 3. The number of aromatic nitrogens is 1. The Bertz CT molecular complexity index is 918. The molecular weight excluding hydrogens is 352 g/mol. The number of benzene rings is 1. The zero-order chi connectivity index (χ0) is 18.3. The summed E-state index contributed by atoms with van der Waals surface area (Å²) in [6.07, 6.45) is 5.08. The van der Waals surface area contributed by atoms with Crippen molar-refractivity contribution in [2.24, 2.45) is 0 Å². The molecule has 26 heavy (non-hydrogen) atoms. The van der Waals surface area contributed by atoms with Gasteiger partial charge in [-0.15, -0.1) is 11.8 Å². The monoisotopic (exact) mass is 368 g/mol. The Morgan fingerprint density at radius 2 is 2.12 bits per heavy atom. The van der Waals surface area contributed by atoms with Gasteiger partial charge in [0.25, 0.3) is 11.8 Å². The second-order valence-electron chi connectivity index (χ2n) is 6.24. The molecule has 7 nitrogen and oxygen atoms in total. The van der Waals surface area contributed by atoms with Gasteiger partial charge in [-0.2, -0.15) is 0 Å². The lowest BCUT2D eigenvalue weighted by Crippen LogP contribution is -2.52. The number of hydrogen-bond acceptors (Lipinski definition) is 5. The van der Waals surface area contributed by atoms with Crippen LogP contribution in [0.1, 0.15) is 21.5 Å². The van der Waals surface area contributed by atoms with Gasteiger partial charge in [0, 0.05) is 35.0 Å².